The average molecular weight is 176 g/mol. The van der Waals surface area contributed by atoms with E-state index >= 15 is 0 Å². The first-order chi connectivity index (χ1) is 4.72. The molecule has 0 aromatic carbocycles. The van der Waals surface area contributed by atoms with Gasteiger partial charge >= 0.3 is 1.43 Å². The van der Waals surface area contributed by atoms with Crippen molar-refractivity contribution in [3.05, 3.63) is 24.2 Å². The number of carbonyl (C=O) groups is 1. The second-order valence-electron chi connectivity index (χ2n) is 2.13. The van der Waals surface area contributed by atoms with Crippen LogP contribution >= 0.6 is 0 Å². The minimum atomic E-state index is -0.480. The Kier molecular flexibility index (Phi) is 3.85. The fraction of sp³-hybridized carbons (Fsp3) is 0.286. The van der Waals surface area contributed by atoms with Crippen LogP contribution in [0.5, 0.6) is 0 Å². The van der Waals surface area contributed by atoms with Crippen molar-refractivity contribution in [2.24, 2.45) is 5.73 Å². The molecule has 0 saturated carbocycles. The highest BCUT2D eigenvalue weighted by Crippen LogP contribution is 2.02. The second kappa shape index (κ2) is 4.16. The van der Waals surface area contributed by atoms with Gasteiger partial charge in [-0.15, -0.1) is 0 Å². The standard InChI is InChI=1S/C7H9NO2.ClH/c1-5(8)7(9)6-3-2-4-10-6;/h2-5H,8H2,1H3;1H. The smallest absolute Gasteiger partial charge is 1.00 e. The van der Waals surface area contributed by atoms with Gasteiger partial charge in [0.2, 0.25) is 5.78 Å². The molecule has 0 saturated heterocycles. The molecule has 0 aliphatic rings. The molecule has 1 aromatic rings. The van der Waals surface area contributed by atoms with Gasteiger partial charge in [0, 0.05) is 0 Å². The number of ketones is 1. The van der Waals surface area contributed by atoms with Crippen molar-refractivity contribution in [2.75, 3.05) is 0 Å². The molecule has 1 aromatic heterocycles. The minimum absolute atomic E-state index is 0. The summed E-state index contributed by atoms with van der Waals surface area (Å²) in [7, 11) is 0. The van der Waals surface area contributed by atoms with Crippen LogP contribution in [0.3, 0.4) is 0 Å². The zero-order valence-electron chi connectivity index (χ0n) is 7.08. The van der Waals surface area contributed by atoms with Gasteiger partial charge in [0.15, 0.2) is 5.76 Å². The van der Waals surface area contributed by atoms with Crippen LogP contribution in [0.25, 0.3) is 0 Å². The molecule has 1 atom stereocenters. The van der Waals surface area contributed by atoms with E-state index in [0.29, 0.717) is 5.76 Å². The Bertz CT molecular complexity index is 223. The first-order valence-electron chi connectivity index (χ1n) is 3.05. The molecule has 0 radical (unpaired) electrons. The summed E-state index contributed by atoms with van der Waals surface area (Å²) in [5.74, 6) is 0.167. The number of furan rings is 1. The van der Waals surface area contributed by atoms with Gasteiger partial charge in [-0.2, -0.15) is 0 Å². The minimum Gasteiger partial charge on any atom is -1.00 e. The molecule has 62 valence electrons. The van der Waals surface area contributed by atoms with E-state index in [1.807, 2.05) is 0 Å². The largest absolute Gasteiger partial charge is 1.00 e. The Hall–Kier alpha value is -0.800. The molecule has 0 aliphatic heterocycles. The Morgan fingerprint density at radius 1 is 1.82 bits per heavy atom. The molecule has 0 bridgehead atoms. The molecular formula is C7H10ClNO2. The molecule has 0 amide bonds. The summed E-state index contributed by atoms with van der Waals surface area (Å²) < 4.78 is 4.83. The maximum Gasteiger partial charge on any atom is 1.00 e. The van der Waals surface area contributed by atoms with E-state index in [0.717, 1.165) is 0 Å². The molecule has 3 nitrogen and oxygen atoms in total. The molecular weight excluding hydrogens is 166 g/mol. The summed E-state index contributed by atoms with van der Waals surface area (Å²) in [6.07, 6.45) is 1.45. The molecule has 0 fully saturated rings. The van der Waals surface area contributed by atoms with E-state index in [2.05, 4.69) is 0 Å². The SMILES string of the molecule is CC(N)C(=O)c1ccco1.[Cl-].[H+]. The van der Waals surface area contributed by atoms with Crippen LogP contribution in [-0.2, 0) is 0 Å². The van der Waals surface area contributed by atoms with Gasteiger partial charge in [0.1, 0.15) is 0 Å². The zero-order valence-corrected chi connectivity index (χ0v) is 6.84. The Labute approximate surface area is 72.5 Å². The van der Waals surface area contributed by atoms with Crippen molar-refractivity contribution >= 4 is 5.78 Å². The third kappa shape index (κ3) is 2.37. The molecule has 1 unspecified atom stereocenters. The topological polar surface area (TPSA) is 56.2 Å². The van der Waals surface area contributed by atoms with Gasteiger partial charge in [-0.05, 0) is 19.1 Å². The van der Waals surface area contributed by atoms with Gasteiger partial charge in [-0.3, -0.25) is 4.79 Å². The van der Waals surface area contributed by atoms with Crippen LogP contribution in [0.1, 0.15) is 18.9 Å². The molecule has 1 rings (SSSR count). The van der Waals surface area contributed by atoms with E-state index in [1.165, 1.54) is 6.26 Å². The van der Waals surface area contributed by atoms with E-state index in [9.17, 15) is 4.79 Å². The summed E-state index contributed by atoms with van der Waals surface area (Å²) in [5, 5.41) is 0. The predicted octanol–water partition coefficient (Wildman–Crippen LogP) is -2.07. The van der Waals surface area contributed by atoms with Crippen molar-refractivity contribution in [1.82, 2.24) is 0 Å². The molecule has 2 N–H and O–H groups in total. The number of hydrogen-bond acceptors (Lipinski definition) is 3. The third-order valence-electron chi connectivity index (χ3n) is 1.18. The van der Waals surface area contributed by atoms with Crippen LogP contribution < -0.4 is 18.1 Å². The summed E-state index contributed by atoms with van der Waals surface area (Å²) >= 11 is 0. The summed E-state index contributed by atoms with van der Waals surface area (Å²) in [6, 6.07) is 2.78. The van der Waals surface area contributed by atoms with E-state index < -0.39 is 6.04 Å². The Morgan fingerprint density at radius 2 is 2.45 bits per heavy atom. The lowest BCUT2D eigenvalue weighted by atomic mass is 10.2. The van der Waals surface area contributed by atoms with Crippen LogP contribution in [0.2, 0.25) is 0 Å². The van der Waals surface area contributed by atoms with Gasteiger partial charge in [0.25, 0.3) is 0 Å². The maximum atomic E-state index is 11.0. The van der Waals surface area contributed by atoms with Gasteiger partial charge < -0.3 is 22.6 Å². The molecule has 4 heteroatoms. The van der Waals surface area contributed by atoms with Crippen molar-refractivity contribution < 1.29 is 23.0 Å². The summed E-state index contributed by atoms with van der Waals surface area (Å²) in [4.78, 5) is 11.0. The van der Waals surface area contributed by atoms with Crippen LogP contribution in [0, 0.1) is 0 Å². The predicted molar refractivity (Wildman–Crippen MR) is 37.8 cm³/mol. The third-order valence-corrected chi connectivity index (χ3v) is 1.18. The quantitative estimate of drug-likeness (QED) is 0.526. The highest BCUT2D eigenvalue weighted by atomic mass is 35.5. The molecule has 0 spiro atoms. The van der Waals surface area contributed by atoms with Crippen molar-refractivity contribution in [3.63, 3.8) is 0 Å². The number of rotatable bonds is 2. The van der Waals surface area contributed by atoms with Crippen molar-refractivity contribution in [3.8, 4) is 0 Å². The monoisotopic (exact) mass is 175 g/mol. The van der Waals surface area contributed by atoms with E-state index in [4.69, 9.17) is 10.2 Å². The number of hydrogen-bond donors (Lipinski definition) is 1. The fourth-order valence-corrected chi connectivity index (χ4v) is 0.643. The van der Waals surface area contributed by atoms with Gasteiger partial charge in [-0.25, -0.2) is 0 Å². The van der Waals surface area contributed by atoms with Crippen molar-refractivity contribution in [1.29, 1.82) is 0 Å². The maximum absolute atomic E-state index is 11.0. The zero-order chi connectivity index (χ0) is 7.56. The normalized spacial score (nSPS) is 11.8. The first kappa shape index (κ1) is 10.2. The summed E-state index contributed by atoms with van der Waals surface area (Å²) in [6.45, 7) is 1.63. The number of halogens is 1. The lowest BCUT2D eigenvalue weighted by molar-refractivity contribution is -0.00000963. The van der Waals surface area contributed by atoms with Gasteiger partial charge in [-0.1, -0.05) is 0 Å². The van der Waals surface area contributed by atoms with Gasteiger partial charge in [0.05, 0.1) is 12.3 Å². The lowest BCUT2D eigenvalue weighted by Crippen LogP contribution is -3.00. The molecule has 11 heavy (non-hydrogen) atoms. The van der Waals surface area contributed by atoms with E-state index in [-0.39, 0.29) is 19.6 Å². The van der Waals surface area contributed by atoms with Crippen LogP contribution in [0.15, 0.2) is 22.8 Å². The lowest BCUT2D eigenvalue weighted by Gasteiger charge is -1.97. The van der Waals surface area contributed by atoms with E-state index in [1.54, 1.807) is 19.1 Å². The number of nitrogens with two attached hydrogens (primary N) is 1. The molecule has 0 aliphatic carbocycles. The number of Topliss-reactive ketones (excluding diaryl/α,β-unsaturated/α-hetero) is 1. The Morgan fingerprint density at radius 3 is 2.82 bits per heavy atom. The van der Waals surface area contributed by atoms with Crippen molar-refractivity contribution in [2.45, 2.75) is 13.0 Å². The highest BCUT2D eigenvalue weighted by Gasteiger charge is 2.12. The number of carbonyl (C=O) groups excluding carboxylic acids is 1. The molecule has 1 heterocycles. The summed E-state index contributed by atoms with van der Waals surface area (Å²) in [5.41, 5.74) is 5.32. The second-order valence-corrected chi connectivity index (χ2v) is 2.13. The Balaban J connectivity index is 0. The average Bonchev–Trinajstić information content (AvgIpc) is 2.36. The first-order valence-corrected chi connectivity index (χ1v) is 3.05. The highest BCUT2D eigenvalue weighted by molar-refractivity contribution is 5.97. The fourth-order valence-electron chi connectivity index (χ4n) is 0.643. The van der Waals surface area contributed by atoms with Crippen LogP contribution in [0.4, 0.5) is 0 Å². The van der Waals surface area contributed by atoms with Crippen LogP contribution in [-0.4, -0.2) is 11.8 Å².